The van der Waals surface area contributed by atoms with Crippen LogP contribution in [0.2, 0.25) is 0 Å². The molecule has 1 aromatic heterocycles. The topological polar surface area (TPSA) is 30.1 Å². The maximum Gasteiger partial charge on any atom is 0.187 e. The first-order valence-electron chi connectivity index (χ1n) is 20.2. The van der Waals surface area contributed by atoms with Gasteiger partial charge in [0.15, 0.2) is 11.5 Å². The normalized spacial score (nSPS) is 11.3. The van der Waals surface area contributed by atoms with Crippen molar-refractivity contribution in [2.45, 2.75) is 0 Å². The number of nitrogens with zero attached hydrogens (tertiary/aromatic N) is 3. The van der Waals surface area contributed by atoms with Crippen molar-refractivity contribution in [3.05, 3.63) is 224 Å². The first kappa shape index (κ1) is 35.0. The largest absolute Gasteiger partial charge is 0.238 e. The number of fused-ring (bicyclic) bond motifs is 5. The van der Waals surface area contributed by atoms with Crippen LogP contribution in [0.15, 0.2) is 212 Å². The van der Waals surface area contributed by atoms with Gasteiger partial charge in [0.25, 0.3) is 0 Å². The van der Waals surface area contributed by atoms with Gasteiger partial charge in [0.1, 0.15) is 0 Å². The molecule has 0 saturated heterocycles. The second-order valence-corrected chi connectivity index (χ2v) is 15.2. The molecule has 3 nitrogen and oxygen atoms in total. The summed E-state index contributed by atoms with van der Waals surface area (Å²) in [5, 5.41) is 9.83. The van der Waals surface area contributed by atoms with Crippen molar-refractivity contribution in [3.63, 3.8) is 0 Å². The van der Waals surface area contributed by atoms with Crippen LogP contribution in [-0.4, -0.2) is 9.97 Å². The Kier molecular flexibility index (Phi) is 8.54. The van der Waals surface area contributed by atoms with E-state index < -0.39 is 0 Å². The molecule has 0 saturated carbocycles. The van der Waals surface area contributed by atoms with Crippen LogP contribution in [0.5, 0.6) is 0 Å². The van der Waals surface area contributed by atoms with Crippen molar-refractivity contribution in [2.75, 3.05) is 0 Å². The zero-order valence-corrected chi connectivity index (χ0v) is 32.5. The van der Waals surface area contributed by atoms with Crippen molar-refractivity contribution >= 4 is 48.8 Å². The van der Waals surface area contributed by atoms with Crippen molar-refractivity contribution in [2.24, 2.45) is 0 Å². The van der Waals surface area contributed by atoms with Crippen LogP contribution in [-0.2, 0) is 0 Å². The number of benzene rings is 10. The lowest BCUT2D eigenvalue weighted by atomic mass is 9.88. The van der Waals surface area contributed by atoms with Crippen molar-refractivity contribution in [1.29, 1.82) is 0 Å². The fourth-order valence-corrected chi connectivity index (χ4v) is 8.84. The molecular formula is C57H35N3. The minimum absolute atomic E-state index is 0.616. The lowest BCUT2D eigenvalue weighted by Gasteiger charge is -2.16. The zero-order chi connectivity index (χ0) is 40.0. The Morgan fingerprint density at radius 1 is 0.317 bits per heavy atom. The monoisotopic (exact) mass is 761 g/mol. The summed E-state index contributed by atoms with van der Waals surface area (Å²) in [4.78, 5) is 14.0. The third-order valence-corrected chi connectivity index (χ3v) is 11.7. The molecule has 0 aliphatic heterocycles. The van der Waals surface area contributed by atoms with Crippen LogP contribution in [0, 0.1) is 6.57 Å². The molecule has 0 unspecified atom stereocenters. The molecule has 60 heavy (non-hydrogen) atoms. The Bertz CT molecular complexity index is 3470. The third-order valence-electron chi connectivity index (χ3n) is 11.7. The molecule has 3 heteroatoms. The van der Waals surface area contributed by atoms with E-state index in [1.165, 1.54) is 49.0 Å². The molecule has 0 atom stereocenters. The van der Waals surface area contributed by atoms with Gasteiger partial charge in [-0.25, -0.2) is 14.8 Å². The maximum atomic E-state index is 7.44. The van der Waals surface area contributed by atoms with E-state index in [0.717, 1.165) is 55.5 Å². The second kappa shape index (κ2) is 14.6. The van der Waals surface area contributed by atoms with E-state index in [1.54, 1.807) is 0 Å². The summed E-state index contributed by atoms with van der Waals surface area (Å²) in [6.07, 6.45) is 0. The molecule has 0 fully saturated rings. The van der Waals surface area contributed by atoms with Gasteiger partial charge in [0.2, 0.25) is 0 Å². The summed E-state index contributed by atoms with van der Waals surface area (Å²) in [6, 6.07) is 74.9. The maximum absolute atomic E-state index is 7.44. The SMILES string of the molecule is [C-]#[N+]c1ccc(-c2ccccc2-c2cc(-c3ccc(-c4ccc(-c5c6ccccc6cc6c5ccc5ccccc56)cc4)c4ccccc34)nc(-c3ccccc3)n2)cc1. The van der Waals surface area contributed by atoms with E-state index in [-0.39, 0.29) is 0 Å². The first-order valence-corrected chi connectivity index (χ1v) is 20.2. The molecular weight excluding hydrogens is 727 g/mol. The molecule has 278 valence electrons. The highest BCUT2D eigenvalue weighted by molar-refractivity contribution is 6.20. The Hall–Kier alpha value is -8.19. The average molecular weight is 762 g/mol. The molecule has 0 bridgehead atoms. The zero-order valence-electron chi connectivity index (χ0n) is 32.5. The quantitative estimate of drug-likeness (QED) is 0.0959. The fraction of sp³-hybridized carbons (Fsp3) is 0. The first-order chi connectivity index (χ1) is 29.7. The van der Waals surface area contributed by atoms with Gasteiger partial charge in [-0.1, -0.05) is 200 Å². The second-order valence-electron chi connectivity index (χ2n) is 15.2. The highest BCUT2D eigenvalue weighted by Gasteiger charge is 2.18. The van der Waals surface area contributed by atoms with Gasteiger partial charge in [0.05, 0.1) is 18.0 Å². The Morgan fingerprint density at radius 3 is 1.62 bits per heavy atom. The van der Waals surface area contributed by atoms with E-state index in [2.05, 4.69) is 169 Å². The summed E-state index contributed by atoms with van der Waals surface area (Å²) < 4.78 is 0. The van der Waals surface area contributed by atoms with Crippen LogP contribution >= 0.6 is 0 Å². The summed E-state index contributed by atoms with van der Waals surface area (Å²) in [7, 11) is 0. The minimum atomic E-state index is 0.616. The summed E-state index contributed by atoms with van der Waals surface area (Å²) in [6.45, 7) is 7.44. The highest BCUT2D eigenvalue weighted by Crippen LogP contribution is 2.42. The lowest BCUT2D eigenvalue weighted by molar-refractivity contribution is 1.19. The number of rotatable bonds is 6. The van der Waals surface area contributed by atoms with E-state index in [4.69, 9.17) is 16.5 Å². The number of hydrogen-bond acceptors (Lipinski definition) is 2. The molecule has 0 amide bonds. The van der Waals surface area contributed by atoms with E-state index in [0.29, 0.717) is 11.5 Å². The molecule has 0 radical (unpaired) electrons. The van der Waals surface area contributed by atoms with Crippen LogP contribution < -0.4 is 0 Å². The lowest BCUT2D eigenvalue weighted by Crippen LogP contribution is -1.97. The number of aromatic nitrogens is 2. The van der Waals surface area contributed by atoms with Gasteiger partial charge in [0, 0.05) is 16.7 Å². The van der Waals surface area contributed by atoms with Gasteiger partial charge < -0.3 is 0 Å². The molecule has 11 rings (SSSR count). The Balaban J connectivity index is 1.04. The summed E-state index contributed by atoms with van der Waals surface area (Å²) >= 11 is 0. The molecule has 0 spiro atoms. The van der Waals surface area contributed by atoms with Crippen molar-refractivity contribution in [3.8, 4) is 67.3 Å². The van der Waals surface area contributed by atoms with Gasteiger partial charge in [-0.2, -0.15) is 0 Å². The van der Waals surface area contributed by atoms with Crippen molar-refractivity contribution in [1.82, 2.24) is 9.97 Å². The molecule has 11 aromatic rings. The predicted molar refractivity (Wildman–Crippen MR) is 251 cm³/mol. The van der Waals surface area contributed by atoms with Crippen molar-refractivity contribution < 1.29 is 0 Å². The smallest absolute Gasteiger partial charge is 0.187 e. The van der Waals surface area contributed by atoms with Gasteiger partial charge in [-0.15, -0.1) is 0 Å². The standard InChI is InChI=1S/C57H35N3/c1-58-43-30-27-39(28-31-43)44-17-9-12-22-50(44)54-36-55(60-57(59-54)41-14-3-2-4-15-41)51-34-33-46(48-20-10-11-21-49(48)51)38-23-25-40(26-24-38)56-47-19-8-6-16-42(47)35-53-45-18-7-5-13-37(45)29-32-52(53)56/h2-36H. The number of hydrogen-bond donors (Lipinski definition) is 0. The molecule has 1 heterocycles. The fourth-order valence-electron chi connectivity index (χ4n) is 8.84. The molecule has 0 N–H and O–H groups in total. The van der Waals surface area contributed by atoms with Gasteiger partial charge in [-0.3, -0.25) is 0 Å². The summed E-state index contributed by atoms with van der Waals surface area (Å²) in [5.74, 6) is 0.666. The van der Waals surface area contributed by atoms with Crippen LogP contribution in [0.4, 0.5) is 5.69 Å². The average Bonchev–Trinajstić information content (AvgIpc) is 3.33. The third kappa shape index (κ3) is 6.07. The predicted octanol–water partition coefficient (Wildman–Crippen LogP) is 15.6. The molecule has 10 aromatic carbocycles. The van der Waals surface area contributed by atoms with E-state index in [1.807, 2.05) is 48.5 Å². The Morgan fingerprint density at radius 2 is 0.867 bits per heavy atom. The van der Waals surface area contributed by atoms with Gasteiger partial charge >= 0.3 is 0 Å². The molecule has 0 aliphatic rings. The molecule has 0 aliphatic carbocycles. The van der Waals surface area contributed by atoms with Crippen LogP contribution in [0.25, 0.3) is 115 Å². The highest BCUT2D eigenvalue weighted by atomic mass is 14.9. The van der Waals surface area contributed by atoms with Gasteiger partial charge in [-0.05, 0) is 88.6 Å². The minimum Gasteiger partial charge on any atom is -0.238 e. The van der Waals surface area contributed by atoms with Crippen LogP contribution in [0.3, 0.4) is 0 Å². The van der Waals surface area contributed by atoms with Crippen LogP contribution in [0.1, 0.15) is 0 Å². The summed E-state index contributed by atoms with van der Waals surface area (Å²) in [5.41, 5.74) is 12.2. The van der Waals surface area contributed by atoms with E-state index >= 15 is 0 Å². The Labute approximate surface area is 348 Å². The van der Waals surface area contributed by atoms with E-state index in [9.17, 15) is 0 Å².